The van der Waals surface area contributed by atoms with Gasteiger partial charge in [0.05, 0.1) is 0 Å². The van der Waals surface area contributed by atoms with Gasteiger partial charge in [0.2, 0.25) is 0 Å². The standard InChI is InChI=1S/C13H16OS/c1-10-7-11(2)9-13(8-10)5-4-6-15-12(3)14/h4-5,7-9H,6H2,1-3H3. The molecule has 1 aromatic carbocycles. The summed E-state index contributed by atoms with van der Waals surface area (Å²) in [6.07, 6.45) is 4.09. The van der Waals surface area contributed by atoms with Gasteiger partial charge >= 0.3 is 0 Å². The van der Waals surface area contributed by atoms with Crippen molar-refractivity contribution in [2.24, 2.45) is 0 Å². The first-order valence-corrected chi connectivity index (χ1v) is 5.94. The van der Waals surface area contributed by atoms with Crippen molar-refractivity contribution in [3.63, 3.8) is 0 Å². The van der Waals surface area contributed by atoms with Gasteiger partial charge in [0.1, 0.15) is 0 Å². The second-order valence-corrected chi connectivity index (χ2v) is 4.82. The third-order valence-corrected chi connectivity index (χ3v) is 2.70. The normalized spacial score (nSPS) is 10.9. The van der Waals surface area contributed by atoms with E-state index in [2.05, 4.69) is 38.1 Å². The summed E-state index contributed by atoms with van der Waals surface area (Å²) in [5.41, 5.74) is 3.75. The second kappa shape index (κ2) is 5.76. The molecule has 0 unspecified atom stereocenters. The molecule has 0 heterocycles. The van der Waals surface area contributed by atoms with Gasteiger partial charge < -0.3 is 0 Å². The zero-order valence-corrected chi connectivity index (χ0v) is 10.2. The monoisotopic (exact) mass is 220 g/mol. The lowest BCUT2D eigenvalue weighted by molar-refractivity contribution is -0.109. The fourth-order valence-electron chi connectivity index (χ4n) is 1.46. The smallest absolute Gasteiger partial charge is 0.186 e. The summed E-state index contributed by atoms with van der Waals surface area (Å²) in [6.45, 7) is 5.78. The highest BCUT2D eigenvalue weighted by atomic mass is 32.2. The highest BCUT2D eigenvalue weighted by Gasteiger charge is 1.92. The third kappa shape index (κ3) is 4.84. The number of hydrogen-bond donors (Lipinski definition) is 0. The van der Waals surface area contributed by atoms with Gasteiger partial charge in [-0.15, -0.1) is 0 Å². The molecule has 0 aliphatic heterocycles. The molecule has 0 fully saturated rings. The maximum absolute atomic E-state index is 10.7. The molecule has 1 nitrogen and oxygen atoms in total. The van der Waals surface area contributed by atoms with Crippen LogP contribution in [0.15, 0.2) is 24.3 Å². The molecule has 0 aliphatic carbocycles. The lowest BCUT2D eigenvalue weighted by Crippen LogP contribution is -1.83. The first-order chi connectivity index (χ1) is 7.08. The van der Waals surface area contributed by atoms with Gasteiger partial charge in [-0.3, -0.25) is 4.79 Å². The average Bonchev–Trinajstić information content (AvgIpc) is 2.10. The molecule has 0 saturated carbocycles. The number of carbonyl (C=O) groups excluding carboxylic acids is 1. The van der Waals surface area contributed by atoms with E-state index in [9.17, 15) is 4.79 Å². The highest BCUT2D eigenvalue weighted by Crippen LogP contribution is 2.11. The van der Waals surface area contributed by atoms with Crippen LogP contribution in [-0.2, 0) is 4.79 Å². The van der Waals surface area contributed by atoms with Gasteiger partial charge in [-0.2, -0.15) is 0 Å². The number of aryl methyl sites for hydroxylation is 2. The minimum absolute atomic E-state index is 0.167. The Morgan fingerprint density at radius 2 is 1.87 bits per heavy atom. The van der Waals surface area contributed by atoms with Gasteiger partial charge in [-0.1, -0.05) is 53.2 Å². The predicted molar refractivity (Wildman–Crippen MR) is 68.1 cm³/mol. The Morgan fingerprint density at radius 1 is 1.27 bits per heavy atom. The lowest BCUT2D eigenvalue weighted by atomic mass is 10.1. The number of carbonyl (C=O) groups is 1. The number of thioether (sulfide) groups is 1. The largest absolute Gasteiger partial charge is 0.288 e. The minimum atomic E-state index is 0.167. The van der Waals surface area contributed by atoms with Crippen molar-refractivity contribution in [1.82, 2.24) is 0 Å². The van der Waals surface area contributed by atoms with Gasteiger partial charge in [-0.25, -0.2) is 0 Å². The first kappa shape index (κ1) is 12.1. The van der Waals surface area contributed by atoms with Crippen LogP contribution in [0.3, 0.4) is 0 Å². The minimum Gasteiger partial charge on any atom is -0.288 e. The Bertz CT molecular complexity index is 360. The van der Waals surface area contributed by atoms with E-state index in [1.54, 1.807) is 6.92 Å². The van der Waals surface area contributed by atoms with Crippen LogP contribution in [0.1, 0.15) is 23.6 Å². The summed E-state index contributed by atoms with van der Waals surface area (Å²) >= 11 is 1.33. The highest BCUT2D eigenvalue weighted by molar-refractivity contribution is 8.13. The summed E-state index contributed by atoms with van der Waals surface area (Å²) in [4.78, 5) is 10.7. The van der Waals surface area contributed by atoms with Crippen LogP contribution in [0.4, 0.5) is 0 Å². The molecule has 0 amide bonds. The fourth-order valence-corrected chi connectivity index (χ4v) is 1.88. The van der Waals surface area contributed by atoms with Crippen molar-refractivity contribution >= 4 is 23.0 Å². The third-order valence-electron chi connectivity index (χ3n) is 1.94. The quantitative estimate of drug-likeness (QED) is 0.774. The van der Waals surface area contributed by atoms with Crippen LogP contribution in [0.5, 0.6) is 0 Å². The number of benzene rings is 1. The van der Waals surface area contributed by atoms with Gasteiger partial charge in [0, 0.05) is 12.7 Å². The van der Waals surface area contributed by atoms with Crippen molar-refractivity contribution in [2.45, 2.75) is 20.8 Å². The first-order valence-electron chi connectivity index (χ1n) is 4.96. The van der Waals surface area contributed by atoms with Crippen LogP contribution < -0.4 is 0 Å². The Morgan fingerprint density at radius 3 is 2.40 bits per heavy atom. The van der Waals surface area contributed by atoms with E-state index < -0.39 is 0 Å². The summed E-state index contributed by atoms with van der Waals surface area (Å²) < 4.78 is 0. The maximum atomic E-state index is 10.7. The fraction of sp³-hybridized carbons (Fsp3) is 0.308. The molecule has 0 spiro atoms. The predicted octanol–water partition coefficient (Wildman–Crippen LogP) is 3.60. The van der Waals surface area contributed by atoms with Gasteiger partial charge in [-0.05, 0) is 19.4 Å². The molecule has 80 valence electrons. The Kier molecular flexibility index (Phi) is 4.63. The lowest BCUT2D eigenvalue weighted by Gasteiger charge is -1.99. The molecule has 0 N–H and O–H groups in total. The van der Waals surface area contributed by atoms with Crippen molar-refractivity contribution in [1.29, 1.82) is 0 Å². The van der Waals surface area contributed by atoms with Gasteiger partial charge in [0.15, 0.2) is 5.12 Å². The second-order valence-electron chi connectivity index (χ2n) is 3.63. The molecule has 0 atom stereocenters. The SMILES string of the molecule is CC(=O)SCC=Cc1cc(C)cc(C)c1. The molecule has 0 saturated heterocycles. The molecule has 0 bridgehead atoms. The van der Waals surface area contributed by atoms with Crippen molar-refractivity contribution in [3.05, 3.63) is 41.0 Å². The Balaban J connectivity index is 2.60. The van der Waals surface area contributed by atoms with E-state index in [4.69, 9.17) is 0 Å². The summed E-state index contributed by atoms with van der Waals surface area (Å²) in [6, 6.07) is 6.44. The molecule has 0 radical (unpaired) electrons. The van der Waals surface area contributed by atoms with Crippen molar-refractivity contribution in [3.8, 4) is 0 Å². The van der Waals surface area contributed by atoms with E-state index >= 15 is 0 Å². The van der Waals surface area contributed by atoms with E-state index in [1.807, 2.05) is 6.08 Å². The summed E-state index contributed by atoms with van der Waals surface area (Å²) in [5.74, 6) is 0.752. The number of rotatable bonds is 3. The molecule has 0 aromatic heterocycles. The van der Waals surface area contributed by atoms with Crippen LogP contribution in [-0.4, -0.2) is 10.9 Å². The van der Waals surface area contributed by atoms with Crippen molar-refractivity contribution < 1.29 is 4.79 Å². The Hall–Kier alpha value is -1.02. The molecule has 0 aliphatic rings. The molecular formula is C13H16OS. The molecule has 1 rings (SSSR count). The van der Waals surface area contributed by atoms with E-state index in [0.717, 1.165) is 5.75 Å². The van der Waals surface area contributed by atoms with Gasteiger partial charge in [0.25, 0.3) is 0 Å². The topological polar surface area (TPSA) is 17.1 Å². The zero-order chi connectivity index (χ0) is 11.3. The molecule has 15 heavy (non-hydrogen) atoms. The molecule has 1 aromatic rings. The van der Waals surface area contributed by atoms with E-state index in [0.29, 0.717) is 0 Å². The van der Waals surface area contributed by atoms with Crippen LogP contribution in [0.2, 0.25) is 0 Å². The molecular weight excluding hydrogens is 204 g/mol. The number of hydrogen-bond acceptors (Lipinski definition) is 2. The van der Waals surface area contributed by atoms with Crippen molar-refractivity contribution in [2.75, 3.05) is 5.75 Å². The van der Waals surface area contributed by atoms with Crippen LogP contribution in [0.25, 0.3) is 6.08 Å². The summed E-state index contributed by atoms with van der Waals surface area (Å²) in [7, 11) is 0. The maximum Gasteiger partial charge on any atom is 0.186 e. The Labute approximate surface area is 95.6 Å². The van der Waals surface area contributed by atoms with E-state index in [1.165, 1.54) is 28.5 Å². The van der Waals surface area contributed by atoms with E-state index in [-0.39, 0.29) is 5.12 Å². The van der Waals surface area contributed by atoms with Crippen LogP contribution >= 0.6 is 11.8 Å². The zero-order valence-electron chi connectivity index (χ0n) is 9.41. The summed E-state index contributed by atoms with van der Waals surface area (Å²) in [5, 5.41) is 0.167. The molecule has 2 heteroatoms. The average molecular weight is 220 g/mol. The van der Waals surface area contributed by atoms with Crippen LogP contribution in [0, 0.1) is 13.8 Å².